The first-order chi connectivity index (χ1) is 18.4. The van der Waals surface area contributed by atoms with E-state index in [0.29, 0.717) is 18.7 Å². The van der Waals surface area contributed by atoms with Crippen LogP contribution in [-0.2, 0) is 17.4 Å². The minimum absolute atomic E-state index is 0.0295. The number of carbonyl (C=O) groups is 1. The number of hydrogen-bond acceptors (Lipinski definition) is 3. The average molecular weight is 527 g/mol. The van der Waals surface area contributed by atoms with Crippen molar-refractivity contribution in [2.45, 2.75) is 70.9 Å². The number of halogens is 1. The van der Waals surface area contributed by atoms with Gasteiger partial charge >= 0.3 is 0 Å². The first-order valence-electron chi connectivity index (χ1n) is 13.6. The summed E-state index contributed by atoms with van der Waals surface area (Å²) >= 11 is 0. The third kappa shape index (κ3) is 6.34. The predicted molar refractivity (Wildman–Crippen MR) is 157 cm³/mol. The van der Waals surface area contributed by atoms with E-state index in [2.05, 4.69) is 68.9 Å². The fourth-order valence-corrected chi connectivity index (χ4v) is 5.39. The van der Waals surface area contributed by atoms with E-state index in [1.54, 1.807) is 24.3 Å². The Morgan fingerprint density at radius 2 is 1.67 bits per heavy atom. The molecule has 0 aliphatic heterocycles. The lowest BCUT2D eigenvalue weighted by Crippen LogP contribution is -2.36. The predicted octanol–water partition coefficient (Wildman–Crippen LogP) is 6.65. The Morgan fingerprint density at radius 1 is 1.03 bits per heavy atom. The molecule has 5 heteroatoms. The van der Waals surface area contributed by atoms with Gasteiger partial charge in [0.05, 0.1) is 0 Å². The van der Waals surface area contributed by atoms with E-state index in [-0.39, 0.29) is 22.6 Å². The Hall–Kier alpha value is -3.62. The Balaban J connectivity index is 1.71. The molecule has 1 aliphatic carbocycles. The van der Waals surface area contributed by atoms with Crippen LogP contribution in [-0.4, -0.2) is 24.6 Å². The molecule has 0 bridgehead atoms. The normalized spacial score (nSPS) is 15.9. The molecule has 0 radical (unpaired) electrons. The maximum atomic E-state index is 13.5. The van der Waals surface area contributed by atoms with Crippen LogP contribution in [0, 0.1) is 17.7 Å². The molecule has 2 N–H and O–H groups in total. The summed E-state index contributed by atoms with van der Waals surface area (Å²) in [6.45, 7) is 12.2. The lowest BCUT2D eigenvalue weighted by Gasteiger charge is -2.44. The SMILES string of the molecule is CCNC(=O)c1ccc(C#CC(O)c2cc(N(C)Cc3ccc(F)cc3)c3c(c2)C(C)(C)CCC3(C)C)cc1. The number of aliphatic hydroxyl groups is 1. The first kappa shape index (κ1) is 28.4. The summed E-state index contributed by atoms with van der Waals surface area (Å²) in [7, 11) is 2.05. The van der Waals surface area contributed by atoms with E-state index in [1.165, 1.54) is 23.3 Å². The summed E-state index contributed by atoms with van der Waals surface area (Å²) in [5.41, 5.74) is 6.61. The van der Waals surface area contributed by atoms with Gasteiger partial charge in [-0.15, -0.1) is 0 Å². The Kier molecular flexibility index (Phi) is 8.18. The van der Waals surface area contributed by atoms with E-state index < -0.39 is 6.10 Å². The number of nitrogens with zero attached hydrogens (tertiary/aromatic N) is 1. The molecule has 0 saturated carbocycles. The fourth-order valence-electron chi connectivity index (χ4n) is 5.39. The van der Waals surface area contributed by atoms with Crippen molar-refractivity contribution >= 4 is 11.6 Å². The van der Waals surface area contributed by atoms with Crippen molar-refractivity contribution in [1.29, 1.82) is 0 Å². The number of nitrogens with one attached hydrogen (secondary N) is 1. The van der Waals surface area contributed by atoms with Gasteiger partial charge in [-0.25, -0.2) is 4.39 Å². The topological polar surface area (TPSA) is 52.6 Å². The van der Waals surface area contributed by atoms with Crippen LogP contribution in [0.15, 0.2) is 60.7 Å². The van der Waals surface area contributed by atoms with Crippen molar-refractivity contribution in [3.05, 3.63) is 99.9 Å². The first-order valence-corrected chi connectivity index (χ1v) is 13.6. The zero-order chi connectivity index (χ0) is 28.4. The number of hydrogen-bond donors (Lipinski definition) is 2. The van der Waals surface area contributed by atoms with Crippen LogP contribution in [0.5, 0.6) is 0 Å². The number of carbonyl (C=O) groups excluding carboxylic acids is 1. The van der Waals surface area contributed by atoms with Gasteiger partial charge in [-0.2, -0.15) is 0 Å². The minimum Gasteiger partial charge on any atom is -0.376 e. The van der Waals surface area contributed by atoms with E-state index in [9.17, 15) is 14.3 Å². The smallest absolute Gasteiger partial charge is 0.251 e. The van der Waals surface area contributed by atoms with E-state index in [0.717, 1.165) is 35.2 Å². The summed E-state index contributed by atoms with van der Waals surface area (Å²) in [5, 5.41) is 14.0. The van der Waals surface area contributed by atoms with Crippen LogP contribution < -0.4 is 10.2 Å². The second-order valence-electron chi connectivity index (χ2n) is 11.8. The molecule has 4 rings (SSSR count). The lowest BCUT2D eigenvalue weighted by molar-refractivity contribution is 0.0956. The van der Waals surface area contributed by atoms with Gasteiger partial charge in [0.15, 0.2) is 0 Å². The van der Waals surface area contributed by atoms with E-state index in [4.69, 9.17) is 0 Å². The van der Waals surface area contributed by atoms with Gasteiger partial charge in [0, 0.05) is 37.0 Å². The molecular weight excluding hydrogens is 487 g/mol. The number of anilines is 1. The molecule has 3 aromatic rings. The van der Waals surface area contributed by atoms with Crippen molar-refractivity contribution in [2.75, 3.05) is 18.5 Å². The summed E-state index contributed by atoms with van der Waals surface area (Å²) in [5.74, 6) is 5.72. The number of rotatable bonds is 6. The Morgan fingerprint density at radius 3 is 2.31 bits per heavy atom. The maximum absolute atomic E-state index is 13.5. The monoisotopic (exact) mass is 526 g/mol. The Labute approximate surface area is 232 Å². The number of fused-ring (bicyclic) bond motifs is 1. The van der Waals surface area contributed by atoms with Gasteiger partial charge in [-0.3, -0.25) is 4.79 Å². The highest BCUT2D eigenvalue weighted by molar-refractivity contribution is 5.94. The van der Waals surface area contributed by atoms with Gasteiger partial charge in [0.2, 0.25) is 0 Å². The number of benzene rings is 3. The molecule has 1 unspecified atom stereocenters. The van der Waals surface area contributed by atoms with Crippen molar-refractivity contribution in [3.63, 3.8) is 0 Å². The minimum atomic E-state index is -0.975. The van der Waals surface area contributed by atoms with Gasteiger partial charge in [-0.1, -0.05) is 57.7 Å². The zero-order valence-electron chi connectivity index (χ0n) is 23.9. The molecule has 1 aliphatic rings. The molecule has 1 atom stereocenters. The standard InChI is InChI=1S/C34H39FN2O2/c1-7-36-32(39)25-13-8-23(9-14-25)12-17-30(38)26-20-28-31(34(4,5)19-18-33(28,2)3)29(21-26)37(6)22-24-10-15-27(35)16-11-24/h8-11,13-16,20-21,30,38H,7,18-19,22H2,1-6H3,(H,36,39). The van der Waals surface area contributed by atoms with Gasteiger partial charge < -0.3 is 15.3 Å². The molecule has 1 amide bonds. The molecular formula is C34H39FN2O2. The van der Waals surface area contributed by atoms with Crippen LogP contribution in [0.1, 0.15) is 91.7 Å². The molecule has 0 spiro atoms. The molecule has 3 aromatic carbocycles. The van der Waals surface area contributed by atoms with Crippen molar-refractivity contribution < 1.29 is 14.3 Å². The summed E-state index contributed by atoms with van der Waals surface area (Å²) in [4.78, 5) is 14.2. The zero-order valence-corrected chi connectivity index (χ0v) is 23.9. The maximum Gasteiger partial charge on any atom is 0.251 e. The molecule has 39 heavy (non-hydrogen) atoms. The van der Waals surface area contributed by atoms with Crippen molar-refractivity contribution in [2.24, 2.45) is 0 Å². The van der Waals surface area contributed by atoms with Gasteiger partial charge in [0.25, 0.3) is 5.91 Å². The molecule has 0 heterocycles. The fraction of sp³-hybridized carbons (Fsp3) is 0.382. The summed E-state index contributed by atoms with van der Waals surface area (Å²) in [6, 6.07) is 17.9. The molecule has 204 valence electrons. The van der Waals surface area contributed by atoms with Crippen LogP contribution in [0.3, 0.4) is 0 Å². The van der Waals surface area contributed by atoms with Crippen LogP contribution in [0.25, 0.3) is 0 Å². The third-order valence-corrected chi connectivity index (χ3v) is 7.82. The van der Waals surface area contributed by atoms with Crippen molar-refractivity contribution in [3.8, 4) is 11.8 Å². The highest BCUT2D eigenvalue weighted by Crippen LogP contribution is 2.50. The third-order valence-electron chi connectivity index (χ3n) is 7.82. The second-order valence-corrected chi connectivity index (χ2v) is 11.8. The van der Waals surface area contributed by atoms with E-state index >= 15 is 0 Å². The van der Waals surface area contributed by atoms with Crippen molar-refractivity contribution in [1.82, 2.24) is 5.32 Å². The second kappa shape index (κ2) is 11.2. The largest absolute Gasteiger partial charge is 0.376 e. The molecule has 4 nitrogen and oxygen atoms in total. The Bertz CT molecular complexity index is 1400. The number of aliphatic hydroxyl groups excluding tert-OH is 1. The highest BCUT2D eigenvalue weighted by Gasteiger charge is 2.40. The molecule has 0 saturated heterocycles. The molecule has 0 aromatic heterocycles. The number of amides is 1. The highest BCUT2D eigenvalue weighted by atomic mass is 19.1. The van der Waals surface area contributed by atoms with Crippen LogP contribution in [0.2, 0.25) is 0 Å². The van der Waals surface area contributed by atoms with Crippen LogP contribution >= 0.6 is 0 Å². The van der Waals surface area contributed by atoms with Gasteiger partial charge in [-0.05, 0) is 95.3 Å². The summed E-state index contributed by atoms with van der Waals surface area (Å²) < 4.78 is 13.5. The summed E-state index contributed by atoms with van der Waals surface area (Å²) in [6.07, 6.45) is 1.15. The average Bonchev–Trinajstić information content (AvgIpc) is 2.91. The van der Waals surface area contributed by atoms with Crippen LogP contribution in [0.4, 0.5) is 10.1 Å². The lowest BCUT2D eigenvalue weighted by atomic mass is 9.62. The molecule has 0 fully saturated rings. The quantitative estimate of drug-likeness (QED) is 0.354. The van der Waals surface area contributed by atoms with E-state index in [1.807, 2.05) is 19.1 Å². The van der Waals surface area contributed by atoms with Gasteiger partial charge in [0.1, 0.15) is 11.9 Å².